The van der Waals surface area contributed by atoms with Crippen molar-refractivity contribution in [2.45, 2.75) is 18.9 Å². The molecule has 2 nitrogen and oxygen atoms in total. The summed E-state index contributed by atoms with van der Waals surface area (Å²) in [6, 6.07) is 1.78. The van der Waals surface area contributed by atoms with Crippen molar-refractivity contribution in [3.05, 3.63) is 17.0 Å². The number of nitrogens with zero attached hydrogens (tertiary/aromatic N) is 2. The van der Waals surface area contributed by atoms with Crippen molar-refractivity contribution in [1.29, 1.82) is 0 Å². The van der Waals surface area contributed by atoms with Crippen molar-refractivity contribution >= 4 is 23.4 Å². The second kappa shape index (κ2) is 3.93. The van der Waals surface area contributed by atoms with Crippen LogP contribution in [0.5, 0.6) is 0 Å². The summed E-state index contributed by atoms with van der Waals surface area (Å²) in [5.41, 5.74) is 0. The van der Waals surface area contributed by atoms with E-state index in [1.165, 1.54) is 0 Å². The summed E-state index contributed by atoms with van der Waals surface area (Å²) in [5, 5.41) is 1.47. The normalized spacial score (nSPS) is 10.1. The molecule has 0 amide bonds. The first kappa shape index (κ1) is 8.81. The molecule has 0 atom stereocenters. The quantitative estimate of drug-likeness (QED) is 0.527. The molecule has 0 bridgehead atoms. The number of aromatic nitrogens is 2. The van der Waals surface area contributed by atoms with Crippen molar-refractivity contribution in [3.63, 3.8) is 0 Å². The minimum Gasteiger partial charge on any atom is -0.227 e. The number of halogens is 1. The molecular formula is C7H9ClN2S. The molecule has 0 radical (unpaired) electrons. The molecule has 0 aromatic carbocycles. The molecule has 0 spiro atoms. The van der Waals surface area contributed by atoms with Gasteiger partial charge in [0.25, 0.3) is 0 Å². The number of aryl methyl sites for hydroxylation is 1. The Bertz CT molecular complexity index is 232. The lowest BCUT2D eigenvalue weighted by atomic mass is 10.6. The molecule has 0 aliphatic rings. The third kappa shape index (κ3) is 2.67. The molecular weight excluding hydrogens is 180 g/mol. The first-order valence-corrected chi connectivity index (χ1v) is 4.72. The van der Waals surface area contributed by atoms with Gasteiger partial charge in [-0.3, -0.25) is 0 Å². The maximum Gasteiger partial charge on any atom is 0.133 e. The van der Waals surface area contributed by atoms with Gasteiger partial charge in [-0.2, -0.15) is 0 Å². The van der Waals surface area contributed by atoms with E-state index in [1.807, 2.05) is 6.92 Å². The van der Waals surface area contributed by atoms with Gasteiger partial charge in [-0.1, -0.05) is 18.5 Å². The van der Waals surface area contributed by atoms with Crippen molar-refractivity contribution in [2.75, 3.05) is 5.75 Å². The van der Waals surface area contributed by atoms with Crippen LogP contribution >= 0.6 is 23.4 Å². The summed E-state index contributed by atoms with van der Waals surface area (Å²) in [6.07, 6.45) is 0. The van der Waals surface area contributed by atoms with E-state index in [9.17, 15) is 0 Å². The van der Waals surface area contributed by atoms with Gasteiger partial charge < -0.3 is 0 Å². The monoisotopic (exact) mass is 188 g/mol. The maximum atomic E-state index is 5.72. The van der Waals surface area contributed by atoms with Gasteiger partial charge in [0.2, 0.25) is 0 Å². The van der Waals surface area contributed by atoms with E-state index in [0.717, 1.165) is 16.6 Å². The summed E-state index contributed by atoms with van der Waals surface area (Å²) in [7, 11) is 0. The van der Waals surface area contributed by atoms with Crippen LogP contribution in [-0.4, -0.2) is 15.7 Å². The lowest BCUT2D eigenvalue weighted by molar-refractivity contribution is 0.968. The van der Waals surface area contributed by atoms with Crippen LogP contribution in [0.1, 0.15) is 12.7 Å². The molecule has 0 N–H and O–H groups in total. The van der Waals surface area contributed by atoms with Crippen LogP contribution in [0.2, 0.25) is 5.15 Å². The fraction of sp³-hybridized carbons (Fsp3) is 0.429. The topological polar surface area (TPSA) is 25.8 Å². The highest BCUT2D eigenvalue weighted by molar-refractivity contribution is 7.99. The van der Waals surface area contributed by atoms with E-state index in [0.29, 0.717) is 5.15 Å². The molecule has 0 saturated carbocycles. The maximum absolute atomic E-state index is 5.72. The van der Waals surface area contributed by atoms with E-state index in [1.54, 1.807) is 17.8 Å². The average molecular weight is 189 g/mol. The Hall–Kier alpha value is -0.280. The Morgan fingerprint density at radius 2 is 2.27 bits per heavy atom. The molecule has 1 rings (SSSR count). The zero-order valence-electron chi connectivity index (χ0n) is 6.47. The van der Waals surface area contributed by atoms with Crippen molar-refractivity contribution in [1.82, 2.24) is 9.97 Å². The van der Waals surface area contributed by atoms with Crippen LogP contribution in [0, 0.1) is 6.92 Å². The Morgan fingerprint density at radius 1 is 1.55 bits per heavy atom. The molecule has 0 saturated heterocycles. The van der Waals surface area contributed by atoms with Crippen LogP contribution in [0.3, 0.4) is 0 Å². The van der Waals surface area contributed by atoms with Crippen LogP contribution < -0.4 is 0 Å². The first-order valence-electron chi connectivity index (χ1n) is 3.36. The molecule has 1 heterocycles. The third-order valence-corrected chi connectivity index (χ3v) is 2.06. The van der Waals surface area contributed by atoms with E-state index in [2.05, 4.69) is 16.9 Å². The highest BCUT2D eigenvalue weighted by Crippen LogP contribution is 2.17. The summed E-state index contributed by atoms with van der Waals surface area (Å²) in [4.78, 5) is 8.15. The van der Waals surface area contributed by atoms with E-state index >= 15 is 0 Å². The zero-order chi connectivity index (χ0) is 8.27. The molecule has 1 aromatic heterocycles. The summed E-state index contributed by atoms with van der Waals surface area (Å²) >= 11 is 7.39. The summed E-state index contributed by atoms with van der Waals surface area (Å²) in [6.45, 7) is 3.92. The van der Waals surface area contributed by atoms with Crippen molar-refractivity contribution in [2.24, 2.45) is 0 Å². The molecule has 0 aliphatic heterocycles. The van der Waals surface area contributed by atoms with Crippen LogP contribution in [0.15, 0.2) is 11.1 Å². The van der Waals surface area contributed by atoms with Gasteiger partial charge in [-0.15, -0.1) is 11.8 Å². The van der Waals surface area contributed by atoms with Gasteiger partial charge in [-0.05, 0) is 12.7 Å². The van der Waals surface area contributed by atoms with Crippen molar-refractivity contribution in [3.8, 4) is 0 Å². The zero-order valence-corrected chi connectivity index (χ0v) is 8.04. The van der Waals surface area contributed by atoms with Gasteiger partial charge >= 0.3 is 0 Å². The van der Waals surface area contributed by atoms with E-state index < -0.39 is 0 Å². The van der Waals surface area contributed by atoms with E-state index in [-0.39, 0.29) is 0 Å². The Labute approximate surface area is 75.4 Å². The highest BCUT2D eigenvalue weighted by atomic mass is 35.5. The number of rotatable bonds is 2. The first-order chi connectivity index (χ1) is 5.22. The minimum atomic E-state index is 0.522. The summed E-state index contributed by atoms with van der Waals surface area (Å²) in [5.74, 6) is 1.74. The molecule has 0 fully saturated rings. The number of hydrogen-bond acceptors (Lipinski definition) is 3. The van der Waals surface area contributed by atoms with Gasteiger partial charge in [0.05, 0.1) is 0 Å². The van der Waals surface area contributed by atoms with Crippen LogP contribution in [0.4, 0.5) is 0 Å². The Kier molecular flexibility index (Phi) is 3.15. The van der Waals surface area contributed by atoms with Gasteiger partial charge in [0, 0.05) is 6.07 Å². The van der Waals surface area contributed by atoms with Crippen LogP contribution in [0.25, 0.3) is 0 Å². The minimum absolute atomic E-state index is 0.522. The molecule has 0 aliphatic carbocycles. The number of hydrogen-bond donors (Lipinski definition) is 0. The third-order valence-electron chi connectivity index (χ3n) is 1.08. The predicted octanol–water partition coefficient (Wildman–Crippen LogP) is 2.55. The van der Waals surface area contributed by atoms with Gasteiger partial charge in [-0.25, -0.2) is 9.97 Å². The second-order valence-electron chi connectivity index (χ2n) is 2.01. The van der Waals surface area contributed by atoms with Gasteiger partial charge in [0.15, 0.2) is 0 Å². The molecule has 4 heteroatoms. The smallest absolute Gasteiger partial charge is 0.133 e. The average Bonchev–Trinajstić information content (AvgIpc) is 1.85. The lowest BCUT2D eigenvalue weighted by Crippen LogP contribution is -1.89. The number of thioether (sulfide) groups is 1. The molecule has 0 unspecified atom stereocenters. The van der Waals surface area contributed by atoms with Crippen LogP contribution in [-0.2, 0) is 0 Å². The fourth-order valence-electron chi connectivity index (χ4n) is 0.727. The standard InChI is InChI=1S/C7H9ClN2S/c1-3-11-7-4-6(8)9-5(2)10-7/h4H,3H2,1-2H3. The fourth-order valence-corrected chi connectivity index (χ4v) is 1.71. The predicted molar refractivity (Wildman–Crippen MR) is 48.2 cm³/mol. The second-order valence-corrected chi connectivity index (χ2v) is 3.68. The Balaban J connectivity index is 2.89. The highest BCUT2D eigenvalue weighted by Gasteiger charge is 1.98. The van der Waals surface area contributed by atoms with Crippen molar-refractivity contribution < 1.29 is 0 Å². The largest absolute Gasteiger partial charge is 0.227 e. The van der Waals surface area contributed by atoms with Gasteiger partial charge in [0.1, 0.15) is 16.0 Å². The lowest BCUT2D eigenvalue weighted by Gasteiger charge is -1.98. The van der Waals surface area contributed by atoms with E-state index in [4.69, 9.17) is 11.6 Å². The molecule has 60 valence electrons. The molecule has 11 heavy (non-hydrogen) atoms. The summed E-state index contributed by atoms with van der Waals surface area (Å²) < 4.78 is 0. The SMILES string of the molecule is CCSc1cc(Cl)nc(C)n1. The Morgan fingerprint density at radius 3 is 2.82 bits per heavy atom. The molecule has 1 aromatic rings.